The number of hydrogen-bond acceptors (Lipinski definition) is 4. The lowest BCUT2D eigenvalue weighted by Gasteiger charge is -2.29. The number of nitrogens with two attached hydrogens (primary N) is 1. The molecule has 32 heavy (non-hydrogen) atoms. The van der Waals surface area contributed by atoms with Crippen LogP contribution in [-0.2, 0) is 16.1 Å². The van der Waals surface area contributed by atoms with E-state index in [0.717, 1.165) is 21.9 Å². The van der Waals surface area contributed by atoms with E-state index in [1.165, 1.54) is 11.8 Å². The maximum absolute atomic E-state index is 13.5. The predicted molar refractivity (Wildman–Crippen MR) is 129 cm³/mol. The molecule has 0 unspecified atom stereocenters. The highest BCUT2D eigenvalue weighted by Gasteiger charge is 2.38. The fourth-order valence-electron chi connectivity index (χ4n) is 4.33. The van der Waals surface area contributed by atoms with E-state index in [4.69, 9.17) is 5.73 Å². The minimum absolute atomic E-state index is 0. The summed E-state index contributed by atoms with van der Waals surface area (Å²) in [5.74, 6) is -0.482. The van der Waals surface area contributed by atoms with Gasteiger partial charge in [-0.05, 0) is 53.9 Å². The number of aryl methyl sites for hydroxylation is 1. The largest absolute Gasteiger partial charge is 0.318 e. The van der Waals surface area contributed by atoms with E-state index in [1.54, 1.807) is 30.0 Å². The molecular formula is C25H25ClN4O2. The summed E-state index contributed by atoms with van der Waals surface area (Å²) in [4.78, 5) is 29.2. The van der Waals surface area contributed by atoms with Crippen molar-refractivity contribution in [3.8, 4) is 6.07 Å². The number of nitrogens with zero attached hydrogens (tertiary/aromatic N) is 3. The molecular weight excluding hydrogens is 424 g/mol. The van der Waals surface area contributed by atoms with E-state index in [1.807, 2.05) is 37.3 Å². The van der Waals surface area contributed by atoms with Gasteiger partial charge >= 0.3 is 0 Å². The van der Waals surface area contributed by atoms with Gasteiger partial charge in [-0.2, -0.15) is 5.26 Å². The van der Waals surface area contributed by atoms with E-state index >= 15 is 0 Å². The van der Waals surface area contributed by atoms with E-state index in [9.17, 15) is 14.9 Å². The van der Waals surface area contributed by atoms with Crippen molar-refractivity contribution in [2.24, 2.45) is 5.73 Å². The van der Waals surface area contributed by atoms with Gasteiger partial charge in [0, 0.05) is 6.92 Å². The van der Waals surface area contributed by atoms with Crippen molar-refractivity contribution in [1.82, 2.24) is 0 Å². The third-order valence-electron chi connectivity index (χ3n) is 6.06. The van der Waals surface area contributed by atoms with Crippen molar-refractivity contribution in [2.75, 3.05) is 9.80 Å². The van der Waals surface area contributed by atoms with Gasteiger partial charge in [-0.1, -0.05) is 36.4 Å². The molecule has 0 saturated heterocycles. The third kappa shape index (κ3) is 3.81. The highest BCUT2D eigenvalue weighted by Crippen LogP contribution is 2.37. The third-order valence-corrected chi connectivity index (χ3v) is 6.06. The first-order chi connectivity index (χ1) is 14.8. The molecule has 7 heteroatoms. The molecule has 2 amide bonds. The smallest absolute Gasteiger partial charge is 0.246 e. The first-order valence-electron chi connectivity index (χ1n) is 10.2. The van der Waals surface area contributed by atoms with E-state index in [-0.39, 0.29) is 24.2 Å². The number of rotatable bonds is 2. The monoisotopic (exact) mass is 448 g/mol. The van der Waals surface area contributed by atoms with Crippen LogP contribution in [0.25, 0.3) is 10.8 Å². The summed E-state index contributed by atoms with van der Waals surface area (Å²) in [5, 5.41) is 11.6. The van der Waals surface area contributed by atoms with Crippen LogP contribution >= 0.6 is 12.4 Å². The number of halogens is 1. The number of benzene rings is 3. The van der Waals surface area contributed by atoms with Crippen LogP contribution in [0, 0.1) is 18.3 Å². The SMILES string of the molecule is CC(=O)N1c2cc(C#N)ccc2N(Cc2c(C)ccc3ccccc23)C(=O)[C@@H](N)[C@@H]1C.Cl. The van der Waals surface area contributed by atoms with E-state index in [0.29, 0.717) is 23.5 Å². The normalized spacial score (nSPS) is 17.9. The van der Waals surface area contributed by atoms with Gasteiger partial charge in [0.15, 0.2) is 0 Å². The van der Waals surface area contributed by atoms with Crippen LogP contribution in [0.2, 0.25) is 0 Å². The summed E-state index contributed by atoms with van der Waals surface area (Å²) in [6.45, 7) is 5.55. The van der Waals surface area contributed by atoms with Gasteiger partial charge in [-0.25, -0.2) is 0 Å². The molecule has 0 spiro atoms. The summed E-state index contributed by atoms with van der Waals surface area (Å²) in [6.07, 6.45) is 0. The van der Waals surface area contributed by atoms with Crippen LogP contribution in [0.3, 0.4) is 0 Å². The molecule has 0 fully saturated rings. The highest BCUT2D eigenvalue weighted by molar-refractivity contribution is 6.07. The number of anilines is 2. The number of amides is 2. The van der Waals surface area contributed by atoms with Gasteiger partial charge in [0.05, 0.1) is 35.6 Å². The Balaban J connectivity index is 0.00000289. The molecule has 6 nitrogen and oxygen atoms in total. The molecule has 164 valence electrons. The molecule has 0 saturated carbocycles. The molecule has 0 bridgehead atoms. The van der Waals surface area contributed by atoms with Gasteiger partial charge in [0.2, 0.25) is 11.8 Å². The maximum atomic E-state index is 13.5. The maximum Gasteiger partial charge on any atom is 0.246 e. The zero-order valence-corrected chi connectivity index (χ0v) is 19.0. The summed E-state index contributed by atoms with van der Waals surface area (Å²) >= 11 is 0. The minimum atomic E-state index is -0.892. The summed E-state index contributed by atoms with van der Waals surface area (Å²) in [7, 11) is 0. The molecule has 1 heterocycles. The fraction of sp³-hybridized carbons (Fsp3) is 0.240. The number of carbonyl (C=O) groups excluding carboxylic acids is 2. The first-order valence-corrected chi connectivity index (χ1v) is 10.2. The summed E-state index contributed by atoms with van der Waals surface area (Å²) in [5.41, 5.74) is 9.96. The molecule has 0 aromatic heterocycles. The van der Waals surface area contributed by atoms with Crippen molar-refractivity contribution in [3.05, 3.63) is 71.3 Å². The van der Waals surface area contributed by atoms with Crippen LogP contribution in [-0.4, -0.2) is 23.9 Å². The Morgan fingerprint density at radius 2 is 1.84 bits per heavy atom. The molecule has 0 radical (unpaired) electrons. The topological polar surface area (TPSA) is 90.4 Å². The van der Waals surface area contributed by atoms with Gasteiger partial charge < -0.3 is 15.5 Å². The Kier molecular flexibility index (Phi) is 6.54. The minimum Gasteiger partial charge on any atom is -0.318 e. The lowest BCUT2D eigenvalue weighted by molar-refractivity contribution is -0.120. The Morgan fingerprint density at radius 1 is 1.12 bits per heavy atom. The highest BCUT2D eigenvalue weighted by atomic mass is 35.5. The van der Waals surface area contributed by atoms with Crippen molar-refractivity contribution in [1.29, 1.82) is 5.26 Å². The van der Waals surface area contributed by atoms with Crippen LogP contribution in [0.4, 0.5) is 11.4 Å². The van der Waals surface area contributed by atoms with E-state index in [2.05, 4.69) is 12.1 Å². The predicted octanol–water partition coefficient (Wildman–Crippen LogP) is 4.06. The molecule has 1 aliphatic rings. The lowest BCUT2D eigenvalue weighted by Crippen LogP contribution is -2.53. The van der Waals surface area contributed by atoms with Crippen LogP contribution in [0.5, 0.6) is 0 Å². The quantitative estimate of drug-likeness (QED) is 0.640. The van der Waals surface area contributed by atoms with Gasteiger partial charge in [-0.15, -0.1) is 12.4 Å². The lowest BCUT2D eigenvalue weighted by atomic mass is 9.98. The fourth-order valence-corrected chi connectivity index (χ4v) is 4.33. The van der Waals surface area contributed by atoms with Crippen molar-refractivity contribution in [3.63, 3.8) is 0 Å². The zero-order valence-electron chi connectivity index (χ0n) is 18.2. The number of hydrogen-bond donors (Lipinski definition) is 1. The molecule has 4 rings (SSSR count). The second-order valence-electron chi connectivity index (χ2n) is 7.98. The van der Waals surface area contributed by atoms with Crippen LogP contribution < -0.4 is 15.5 Å². The van der Waals surface area contributed by atoms with Crippen molar-refractivity contribution in [2.45, 2.75) is 39.4 Å². The average molecular weight is 449 g/mol. The van der Waals surface area contributed by atoms with Gasteiger partial charge in [0.1, 0.15) is 6.04 Å². The first kappa shape index (κ1) is 23.3. The summed E-state index contributed by atoms with van der Waals surface area (Å²) < 4.78 is 0. The van der Waals surface area contributed by atoms with Crippen LogP contribution in [0.1, 0.15) is 30.5 Å². The second-order valence-corrected chi connectivity index (χ2v) is 7.98. The number of carbonyl (C=O) groups is 2. The number of nitriles is 1. The number of fused-ring (bicyclic) bond motifs is 2. The Hall–Kier alpha value is -3.40. The average Bonchev–Trinajstić information content (AvgIpc) is 2.84. The standard InChI is InChI=1S/C25H24N4O2.ClH/c1-15-8-10-19-6-4-5-7-20(19)21(15)14-28-22-11-9-18(13-26)12-23(22)29(17(3)30)16(2)24(27)25(28)31;/h4-12,16,24H,14,27H2,1-3H3;1H/t16-,24-;/m0./s1. The Labute approximate surface area is 193 Å². The van der Waals surface area contributed by atoms with Crippen molar-refractivity contribution >= 4 is 46.4 Å². The zero-order chi connectivity index (χ0) is 22.3. The molecule has 1 aliphatic heterocycles. The summed E-state index contributed by atoms with van der Waals surface area (Å²) in [6, 6.07) is 17.9. The van der Waals surface area contributed by atoms with Crippen LogP contribution in [0.15, 0.2) is 54.6 Å². The van der Waals surface area contributed by atoms with Gasteiger partial charge in [-0.3, -0.25) is 9.59 Å². The van der Waals surface area contributed by atoms with E-state index < -0.39 is 12.1 Å². The molecule has 2 atom stereocenters. The molecule has 3 aromatic carbocycles. The molecule has 3 aromatic rings. The van der Waals surface area contributed by atoms with Gasteiger partial charge in [0.25, 0.3) is 0 Å². The Bertz CT molecular complexity index is 1250. The Morgan fingerprint density at radius 3 is 2.53 bits per heavy atom. The molecule has 2 N–H and O–H groups in total. The van der Waals surface area contributed by atoms with Crippen molar-refractivity contribution < 1.29 is 9.59 Å². The molecule has 0 aliphatic carbocycles. The second kappa shape index (κ2) is 8.99.